The van der Waals surface area contributed by atoms with Crippen molar-refractivity contribution in [1.82, 2.24) is 5.32 Å². The summed E-state index contributed by atoms with van der Waals surface area (Å²) in [6.07, 6.45) is 1.43. The molecule has 1 aliphatic heterocycles. The van der Waals surface area contributed by atoms with Gasteiger partial charge < -0.3 is 29.0 Å². The fraction of sp³-hybridized carbons (Fsp3) is 0.314. The lowest BCUT2D eigenvalue weighted by atomic mass is 9.71. The van der Waals surface area contributed by atoms with Gasteiger partial charge in [-0.25, -0.2) is 4.79 Å². The molecule has 5 rings (SSSR count). The first-order valence-electron chi connectivity index (χ1n) is 14.4. The number of methoxy groups -OCH3 is 4. The smallest absolute Gasteiger partial charge is 0.336 e. The molecule has 8 nitrogen and oxygen atoms in total. The van der Waals surface area contributed by atoms with Crippen molar-refractivity contribution in [1.29, 1.82) is 0 Å². The van der Waals surface area contributed by atoms with Gasteiger partial charge in [0, 0.05) is 40.2 Å². The molecule has 2 atom stereocenters. The Morgan fingerprint density at radius 2 is 1.52 bits per heavy atom. The lowest BCUT2D eigenvalue weighted by Crippen LogP contribution is -2.36. The second-order valence-electron chi connectivity index (χ2n) is 10.7. The van der Waals surface area contributed by atoms with Crippen LogP contribution in [0.1, 0.15) is 48.3 Å². The number of benzene rings is 3. The topological polar surface area (TPSA) is 92.3 Å². The molecule has 0 bridgehead atoms. The summed E-state index contributed by atoms with van der Waals surface area (Å²) in [5, 5.41) is 3.42. The normalized spacial score (nSPS) is 17.9. The van der Waals surface area contributed by atoms with Gasteiger partial charge >= 0.3 is 5.97 Å². The van der Waals surface area contributed by atoms with E-state index in [0.717, 1.165) is 16.8 Å². The molecule has 0 amide bonds. The average Bonchev–Trinajstić information content (AvgIpc) is 3.03. The first-order chi connectivity index (χ1) is 21.3. The molecule has 1 N–H and O–H groups in total. The summed E-state index contributed by atoms with van der Waals surface area (Å²) < 4.78 is 28.6. The van der Waals surface area contributed by atoms with Crippen molar-refractivity contribution in [3.05, 3.63) is 104 Å². The number of allylic oxidation sites excluding steroid dienone is 3. The van der Waals surface area contributed by atoms with Crippen LogP contribution in [-0.4, -0.2) is 46.8 Å². The molecule has 230 valence electrons. The fourth-order valence-corrected chi connectivity index (χ4v) is 6.59. The lowest BCUT2D eigenvalue weighted by molar-refractivity contribution is -0.139. The molecule has 0 aromatic heterocycles. The van der Waals surface area contributed by atoms with Crippen LogP contribution in [0.3, 0.4) is 0 Å². The van der Waals surface area contributed by atoms with Crippen LogP contribution in [0.2, 0.25) is 0 Å². The molecule has 3 aromatic rings. The first-order valence-corrected chi connectivity index (χ1v) is 15.2. The van der Waals surface area contributed by atoms with Crippen molar-refractivity contribution in [2.24, 2.45) is 0 Å². The zero-order chi connectivity index (χ0) is 31.4. The molecule has 2 aliphatic rings. The van der Waals surface area contributed by atoms with E-state index < -0.39 is 11.9 Å². The number of hydrogen-bond donors (Lipinski definition) is 1. The number of ether oxygens (including phenoxy) is 5. The fourth-order valence-electron chi connectivity index (χ4n) is 6.04. The monoisotopic (exact) mass is 661 g/mol. The zero-order valence-electron chi connectivity index (χ0n) is 25.5. The molecule has 0 fully saturated rings. The number of halogens is 1. The quantitative estimate of drug-likeness (QED) is 0.242. The Balaban J connectivity index is 1.54. The predicted molar refractivity (Wildman–Crippen MR) is 170 cm³/mol. The van der Waals surface area contributed by atoms with Crippen LogP contribution in [-0.2, 0) is 20.7 Å². The van der Waals surface area contributed by atoms with Crippen LogP contribution in [0, 0.1) is 0 Å². The maximum Gasteiger partial charge on any atom is 0.336 e. The van der Waals surface area contributed by atoms with Crippen molar-refractivity contribution in [2.45, 2.75) is 38.0 Å². The maximum absolute atomic E-state index is 14.1. The number of rotatable bonds is 10. The summed E-state index contributed by atoms with van der Waals surface area (Å²) in [5.74, 6) is 0.971. The van der Waals surface area contributed by atoms with Gasteiger partial charge in [-0.15, -0.1) is 0 Å². The van der Waals surface area contributed by atoms with E-state index >= 15 is 0 Å². The summed E-state index contributed by atoms with van der Waals surface area (Å²) in [6, 6.07) is 19.2. The van der Waals surface area contributed by atoms with E-state index in [4.69, 9.17) is 23.7 Å². The minimum Gasteiger partial charge on any atom is -0.493 e. The number of hydrogen-bond acceptors (Lipinski definition) is 8. The Bertz CT molecular complexity index is 1630. The summed E-state index contributed by atoms with van der Waals surface area (Å²) in [6.45, 7) is 2.06. The molecule has 0 spiro atoms. The summed E-state index contributed by atoms with van der Waals surface area (Å²) in [4.78, 5) is 28.0. The minimum absolute atomic E-state index is 0.0488. The van der Waals surface area contributed by atoms with Gasteiger partial charge in [-0.05, 0) is 60.2 Å². The number of esters is 1. The van der Waals surface area contributed by atoms with Gasteiger partial charge in [-0.1, -0.05) is 52.3 Å². The highest BCUT2D eigenvalue weighted by molar-refractivity contribution is 9.10. The summed E-state index contributed by atoms with van der Waals surface area (Å²) in [7, 11) is 6.31. The van der Waals surface area contributed by atoms with Crippen molar-refractivity contribution < 1.29 is 33.3 Å². The lowest BCUT2D eigenvalue weighted by Gasteiger charge is -2.37. The molecule has 0 saturated heterocycles. The minimum atomic E-state index is -0.677. The van der Waals surface area contributed by atoms with Gasteiger partial charge in [0.25, 0.3) is 0 Å². The SMILES string of the molecule is COc1ccc(C2CC(=O)C3=C(C2)NC(C)=C(C(=O)OCCc2ccccc2)C3c2cc(OC)c(OC)cc2Br)cc1OC. The van der Waals surface area contributed by atoms with Crippen molar-refractivity contribution >= 4 is 27.7 Å². The van der Waals surface area contributed by atoms with Crippen molar-refractivity contribution in [3.8, 4) is 23.0 Å². The Kier molecular flexibility index (Phi) is 9.64. The van der Waals surface area contributed by atoms with Crippen LogP contribution >= 0.6 is 15.9 Å². The molecule has 2 unspecified atom stereocenters. The molecule has 9 heteroatoms. The molecule has 0 saturated carbocycles. The highest BCUT2D eigenvalue weighted by Gasteiger charge is 2.42. The average molecular weight is 663 g/mol. The number of Topliss-reactive ketones (excluding diaryl/α,β-unsaturated/α-hetero) is 1. The van der Waals surface area contributed by atoms with Crippen LogP contribution in [0.15, 0.2) is 87.7 Å². The van der Waals surface area contributed by atoms with Gasteiger partial charge in [0.2, 0.25) is 0 Å². The van der Waals surface area contributed by atoms with Gasteiger partial charge in [0.05, 0.1) is 40.6 Å². The highest BCUT2D eigenvalue weighted by atomic mass is 79.9. The second-order valence-corrected chi connectivity index (χ2v) is 11.6. The third kappa shape index (κ3) is 6.19. The van der Waals surface area contributed by atoms with E-state index in [-0.39, 0.29) is 24.7 Å². The number of dihydropyridines is 1. The molecule has 0 radical (unpaired) electrons. The molecule has 44 heavy (non-hydrogen) atoms. The Morgan fingerprint density at radius 3 is 2.20 bits per heavy atom. The van der Waals surface area contributed by atoms with Crippen molar-refractivity contribution in [3.63, 3.8) is 0 Å². The third-order valence-corrected chi connectivity index (χ3v) is 8.89. The van der Waals surface area contributed by atoms with Crippen molar-refractivity contribution in [2.75, 3.05) is 35.0 Å². The van der Waals surface area contributed by atoms with Gasteiger partial charge in [-0.3, -0.25) is 4.79 Å². The van der Waals surface area contributed by atoms with Crippen LogP contribution in [0.25, 0.3) is 0 Å². The largest absolute Gasteiger partial charge is 0.493 e. The number of carbonyl (C=O) groups excluding carboxylic acids is 2. The van der Waals surface area contributed by atoms with Gasteiger partial charge in [0.1, 0.15) is 0 Å². The van der Waals surface area contributed by atoms with E-state index in [1.165, 1.54) is 0 Å². The van der Waals surface area contributed by atoms with Crippen LogP contribution in [0.4, 0.5) is 0 Å². The highest BCUT2D eigenvalue weighted by Crippen LogP contribution is 2.49. The van der Waals surface area contributed by atoms with Gasteiger partial charge in [0.15, 0.2) is 28.8 Å². The Morgan fingerprint density at radius 1 is 0.864 bits per heavy atom. The first kappa shape index (κ1) is 31.2. The standard InChI is InChI=1S/C35H36BrNO7/c1-20-32(35(39)44-14-13-21-9-7-6-8-10-21)33(24-18-30(42-4)31(43-5)19-25(24)36)34-26(37-20)15-23(16-27(34)38)22-11-12-28(40-2)29(17-22)41-3/h6-12,17-19,23,33,37H,13-16H2,1-5H3. The zero-order valence-corrected chi connectivity index (χ0v) is 27.1. The number of nitrogens with one attached hydrogen (secondary N) is 1. The number of ketones is 1. The van der Waals surface area contributed by atoms with E-state index in [1.807, 2.05) is 61.5 Å². The van der Waals surface area contributed by atoms with E-state index in [1.54, 1.807) is 34.5 Å². The Hall–Kier alpha value is -4.24. The molecule has 1 heterocycles. The van der Waals surface area contributed by atoms with Gasteiger partial charge in [-0.2, -0.15) is 0 Å². The molecule has 1 aliphatic carbocycles. The maximum atomic E-state index is 14.1. The van der Waals surface area contributed by atoms with Crippen LogP contribution in [0.5, 0.6) is 23.0 Å². The molecular weight excluding hydrogens is 626 g/mol. The molecular formula is C35H36BrNO7. The number of carbonyl (C=O) groups is 2. The van der Waals surface area contributed by atoms with E-state index in [2.05, 4.69) is 21.2 Å². The summed E-state index contributed by atoms with van der Waals surface area (Å²) >= 11 is 3.69. The summed E-state index contributed by atoms with van der Waals surface area (Å²) in [5.41, 5.74) is 5.12. The second kappa shape index (κ2) is 13.6. The van der Waals surface area contributed by atoms with Crippen LogP contribution < -0.4 is 24.3 Å². The Labute approximate surface area is 266 Å². The third-order valence-electron chi connectivity index (χ3n) is 8.21. The van der Waals surface area contributed by atoms with E-state index in [9.17, 15) is 9.59 Å². The molecule has 3 aromatic carbocycles. The van der Waals surface area contributed by atoms with E-state index in [0.29, 0.717) is 62.7 Å². The predicted octanol–water partition coefficient (Wildman–Crippen LogP) is 6.63.